The van der Waals surface area contributed by atoms with Gasteiger partial charge in [-0.1, -0.05) is 84.9 Å². The van der Waals surface area contributed by atoms with Crippen LogP contribution >= 0.6 is 22.7 Å². The Bertz CT molecular complexity index is 3110. The predicted octanol–water partition coefficient (Wildman–Crippen LogP) is 14.1. The fourth-order valence-electron chi connectivity index (χ4n) is 7.84. The number of aromatic nitrogens is 1. The molecule has 0 aliphatic heterocycles. The van der Waals surface area contributed by atoms with Crippen LogP contribution in [0.1, 0.15) is 0 Å². The number of fused-ring (bicyclic) bond motifs is 10. The maximum absolute atomic E-state index is 2.42. The minimum absolute atomic E-state index is 1.12. The van der Waals surface area contributed by atoms with Gasteiger partial charge in [0.2, 0.25) is 0 Å². The van der Waals surface area contributed by atoms with E-state index in [0.717, 1.165) is 22.7 Å². The molecule has 8 aromatic carbocycles. The molecule has 234 valence electrons. The minimum atomic E-state index is 1.12. The first-order valence-electron chi connectivity index (χ1n) is 16.9. The molecule has 0 saturated carbocycles. The maximum Gasteiger partial charge on any atom is 0.0547 e. The number of rotatable bonds is 4. The zero-order valence-electron chi connectivity index (χ0n) is 26.9. The quantitative estimate of drug-likeness (QED) is 0.181. The number of benzene rings is 8. The van der Waals surface area contributed by atoms with E-state index in [2.05, 4.69) is 179 Å². The van der Waals surface area contributed by atoms with Gasteiger partial charge in [0.05, 0.1) is 11.0 Å². The molecular weight excluding hydrogens is 645 g/mol. The van der Waals surface area contributed by atoms with Crippen molar-refractivity contribution < 1.29 is 0 Å². The highest BCUT2D eigenvalue weighted by atomic mass is 32.1. The molecule has 4 heteroatoms. The van der Waals surface area contributed by atoms with Crippen molar-refractivity contribution in [2.24, 2.45) is 0 Å². The van der Waals surface area contributed by atoms with E-state index in [9.17, 15) is 0 Å². The summed E-state index contributed by atoms with van der Waals surface area (Å²) < 4.78 is 7.66. The number of para-hydroxylation sites is 1. The van der Waals surface area contributed by atoms with E-state index < -0.39 is 0 Å². The van der Waals surface area contributed by atoms with Crippen molar-refractivity contribution in [3.63, 3.8) is 0 Å². The average molecular weight is 673 g/mol. The third-order valence-electron chi connectivity index (χ3n) is 10.1. The smallest absolute Gasteiger partial charge is 0.0547 e. The molecule has 0 spiro atoms. The molecule has 0 saturated heterocycles. The number of nitrogens with zero attached hydrogens (tertiary/aromatic N) is 2. The topological polar surface area (TPSA) is 8.17 Å². The molecule has 3 aromatic heterocycles. The van der Waals surface area contributed by atoms with Gasteiger partial charge in [0.1, 0.15) is 0 Å². The molecule has 0 atom stereocenters. The molecule has 0 unspecified atom stereocenters. The van der Waals surface area contributed by atoms with Gasteiger partial charge in [-0.25, -0.2) is 0 Å². The van der Waals surface area contributed by atoms with Gasteiger partial charge >= 0.3 is 0 Å². The lowest BCUT2D eigenvalue weighted by molar-refractivity contribution is 1.18. The van der Waals surface area contributed by atoms with Gasteiger partial charge in [-0.15, -0.1) is 22.7 Å². The molecule has 2 nitrogen and oxygen atoms in total. The minimum Gasteiger partial charge on any atom is -0.310 e. The van der Waals surface area contributed by atoms with Crippen LogP contribution in [0.25, 0.3) is 78.6 Å². The lowest BCUT2D eigenvalue weighted by atomic mass is 10.1. The van der Waals surface area contributed by atoms with Gasteiger partial charge in [0, 0.05) is 73.9 Å². The van der Waals surface area contributed by atoms with Crippen LogP contribution in [0.3, 0.4) is 0 Å². The summed E-state index contributed by atoms with van der Waals surface area (Å²) in [6.07, 6.45) is 0. The van der Waals surface area contributed by atoms with Crippen molar-refractivity contribution >= 4 is 113 Å². The molecule has 0 N–H and O–H groups in total. The molecule has 0 fully saturated rings. The maximum atomic E-state index is 2.42. The molecule has 0 aliphatic rings. The molecule has 0 aliphatic carbocycles. The highest BCUT2D eigenvalue weighted by Gasteiger charge is 2.18. The lowest BCUT2D eigenvalue weighted by Gasteiger charge is -2.26. The summed E-state index contributed by atoms with van der Waals surface area (Å²) in [5.41, 5.74) is 7.01. The molecule has 0 radical (unpaired) electrons. The average Bonchev–Trinajstić information content (AvgIpc) is 3.83. The van der Waals surface area contributed by atoms with Gasteiger partial charge < -0.3 is 9.47 Å². The second-order valence-corrected chi connectivity index (χ2v) is 15.1. The summed E-state index contributed by atoms with van der Waals surface area (Å²) in [5.74, 6) is 0. The SMILES string of the molecule is c1ccc2cc3c(cc2c1)c1ccccc1n3-c1ccc(N(c2ccc3c(c2)sc2ccccc23)c2ccc3sc4ccccc4c3c2)cc1. The van der Waals surface area contributed by atoms with E-state index in [0.29, 0.717) is 0 Å². The highest BCUT2D eigenvalue weighted by molar-refractivity contribution is 7.26. The molecule has 0 amide bonds. The van der Waals surface area contributed by atoms with E-state index in [1.807, 2.05) is 22.7 Å². The lowest BCUT2D eigenvalue weighted by Crippen LogP contribution is -2.10. The van der Waals surface area contributed by atoms with E-state index in [-0.39, 0.29) is 0 Å². The number of anilines is 3. The van der Waals surface area contributed by atoms with Crippen LogP contribution in [-0.4, -0.2) is 4.57 Å². The van der Waals surface area contributed by atoms with Crippen molar-refractivity contribution in [2.75, 3.05) is 4.90 Å². The molecule has 50 heavy (non-hydrogen) atoms. The first-order valence-corrected chi connectivity index (χ1v) is 18.6. The van der Waals surface area contributed by atoms with E-state index >= 15 is 0 Å². The van der Waals surface area contributed by atoms with Gasteiger partial charge in [0.25, 0.3) is 0 Å². The Kier molecular flexibility index (Phi) is 6.03. The number of hydrogen-bond donors (Lipinski definition) is 0. The standard InChI is InChI=1S/C46H28N2S2/c1-2-10-30-26-42-39(25-29(30)9-1)35-11-3-6-14-41(35)48(42)32-19-17-31(18-20-32)47(33-22-24-45-40(27-33)37-13-5-8-16-44(37)49-45)34-21-23-38-36-12-4-7-15-43(36)50-46(38)28-34/h1-28H. The highest BCUT2D eigenvalue weighted by Crippen LogP contribution is 2.44. The third-order valence-corrected chi connectivity index (χ3v) is 12.4. The fourth-order valence-corrected chi connectivity index (χ4v) is 10.1. The monoisotopic (exact) mass is 672 g/mol. The normalized spacial score (nSPS) is 12.0. The van der Waals surface area contributed by atoms with Gasteiger partial charge in [-0.2, -0.15) is 0 Å². The Balaban J connectivity index is 1.11. The summed E-state index contributed by atoms with van der Waals surface area (Å²) in [6, 6.07) is 62.6. The Morgan fingerprint density at radius 3 is 1.70 bits per heavy atom. The zero-order valence-corrected chi connectivity index (χ0v) is 28.5. The van der Waals surface area contributed by atoms with E-state index in [1.165, 1.54) is 72.9 Å². The molecule has 11 rings (SSSR count). The Labute approximate surface area is 296 Å². The second-order valence-electron chi connectivity index (χ2n) is 13.0. The zero-order chi connectivity index (χ0) is 32.8. The van der Waals surface area contributed by atoms with Gasteiger partial charge in [0.15, 0.2) is 0 Å². The summed E-state index contributed by atoms with van der Waals surface area (Å²) in [7, 11) is 0. The van der Waals surface area contributed by atoms with Crippen LogP contribution in [0.4, 0.5) is 17.1 Å². The van der Waals surface area contributed by atoms with Crippen molar-refractivity contribution in [2.45, 2.75) is 0 Å². The summed E-state index contributed by atoms with van der Waals surface area (Å²) in [5, 5.41) is 10.3. The molecule has 3 heterocycles. The predicted molar refractivity (Wildman–Crippen MR) is 219 cm³/mol. The van der Waals surface area contributed by atoms with Crippen molar-refractivity contribution in [1.29, 1.82) is 0 Å². The van der Waals surface area contributed by atoms with Crippen LogP contribution in [-0.2, 0) is 0 Å². The molecule has 0 bridgehead atoms. The first-order chi connectivity index (χ1) is 24.8. The van der Waals surface area contributed by atoms with E-state index in [1.54, 1.807) is 0 Å². The van der Waals surface area contributed by atoms with Crippen LogP contribution in [0.5, 0.6) is 0 Å². The largest absolute Gasteiger partial charge is 0.310 e. The Morgan fingerprint density at radius 2 is 0.900 bits per heavy atom. The number of hydrogen-bond acceptors (Lipinski definition) is 3. The van der Waals surface area contributed by atoms with Crippen LogP contribution < -0.4 is 4.90 Å². The molecule has 11 aromatic rings. The third kappa shape index (κ3) is 4.19. The van der Waals surface area contributed by atoms with Crippen molar-refractivity contribution in [3.05, 3.63) is 170 Å². The Hall–Kier alpha value is -5.94. The Morgan fingerprint density at radius 1 is 0.340 bits per heavy atom. The van der Waals surface area contributed by atoms with Gasteiger partial charge in [-0.05, 0) is 95.7 Å². The van der Waals surface area contributed by atoms with Crippen LogP contribution in [0.15, 0.2) is 170 Å². The second kappa shape index (κ2) is 10.8. The van der Waals surface area contributed by atoms with E-state index in [4.69, 9.17) is 0 Å². The first kappa shape index (κ1) is 28.0. The van der Waals surface area contributed by atoms with Crippen molar-refractivity contribution in [1.82, 2.24) is 4.57 Å². The van der Waals surface area contributed by atoms with Crippen molar-refractivity contribution in [3.8, 4) is 5.69 Å². The summed E-state index contributed by atoms with van der Waals surface area (Å²) >= 11 is 3.73. The van der Waals surface area contributed by atoms with Crippen LogP contribution in [0.2, 0.25) is 0 Å². The molecular formula is C46H28N2S2. The number of thiophene rings is 2. The summed E-state index contributed by atoms with van der Waals surface area (Å²) in [4.78, 5) is 2.42. The fraction of sp³-hybridized carbons (Fsp3) is 0. The van der Waals surface area contributed by atoms with Gasteiger partial charge in [-0.3, -0.25) is 0 Å². The van der Waals surface area contributed by atoms with Crippen LogP contribution in [0, 0.1) is 0 Å². The summed E-state index contributed by atoms with van der Waals surface area (Å²) in [6.45, 7) is 0.